The summed E-state index contributed by atoms with van der Waals surface area (Å²) >= 11 is 0. The van der Waals surface area contributed by atoms with Crippen LogP contribution in [-0.4, -0.2) is 5.11 Å². The van der Waals surface area contributed by atoms with E-state index in [-0.39, 0.29) is 11.4 Å². The normalized spacial score (nSPS) is 13.8. The molecule has 6 heteroatoms. The van der Waals surface area contributed by atoms with Gasteiger partial charge in [-0.2, -0.15) is 0 Å². The Labute approximate surface area is 111 Å². The minimum absolute atomic E-state index is 0.0812. The summed E-state index contributed by atoms with van der Waals surface area (Å²) in [5.41, 5.74) is 6.95. The summed E-state index contributed by atoms with van der Waals surface area (Å²) in [7, 11) is -4.16. The van der Waals surface area contributed by atoms with Gasteiger partial charge in [-0.25, -0.2) is 0 Å². The highest BCUT2D eigenvalue weighted by molar-refractivity contribution is 7.55. The molecule has 1 unspecified atom stereocenters. The zero-order chi connectivity index (χ0) is 13.9. The number of anilines is 1. The van der Waals surface area contributed by atoms with Crippen LogP contribution in [0.4, 0.5) is 5.69 Å². The second-order valence-electron chi connectivity index (χ2n) is 4.22. The lowest BCUT2D eigenvalue weighted by Crippen LogP contribution is -2.17. The van der Waals surface area contributed by atoms with Crippen molar-refractivity contribution in [3.05, 3.63) is 59.7 Å². The molecule has 0 amide bonds. The van der Waals surface area contributed by atoms with Crippen LogP contribution in [0.3, 0.4) is 0 Å². The molecular formula is C13H14N2O3P-. The largest absolute Gasteiger partial charge is 0.772 e. The molecule has 2 aromatic carbocycles. The van der Waals surface area contributed by atoms with E-state index in [0.717, 1.165) is 11.1 Å². The summed E-state index contributed by atoms with van der Waals surface area (Å²) in [6.45, 7) is 0. The third-order valence-corrected chi connectivity index (χ3v) is 3.14. The standard InChI is InChI=1S/C13H15N2O3P/c14-19(17,18)15-12-7-6-11(9-13(12)16)8-10-4-2-1-3-5-10/h1-7,9,16H,8H2,(H4,14,15,17,18)/p-1. The monoisotopic (exact) mass is 277 g/mol. The number of hydrogen-bond donors (Lipinski definition) is 3. The average Bonchev–Trinajstić information content (AvgIpc) is 2.33. The summed E-state index contributed by atoms with van der Waals surface area (Å²) in [6, 6.07) is 14.5. The first-order chi connectivity index (χ1) is 8.94. The van der Waals surface area contributed by atoms with E-state index in [4.69, 9.17) is 5.50 Å². The Hall–Kier alpha value is -1.81. The molecule has 0 radical (unpaired) electrons. The number of rotatable bonds is 4. The smallest absolute Gasteiger partial charge is 0.165 e. The van der Waals surface area contributed by atoms with Crippen LogP contribution in [0, 0.1) is 0 Å². The van der Waals surface area contributed by atoms with Crippen molar-refractivity contribution in [2.45, 2.75) is 6.42 Å². The SMILES string of the molecule is NP(=O)([O-])Nc1ccc(Cc2ccccc2)cc1O. The first-order valence-corrected chi connectivity index (χ1v) is 7.37. The topological polar surface area (TPSA) is 98.4 Å². The first kappa shape index (κ1) is 13.6. The first-order valence-electron chi connectivity index (χ1n) is 5.68. The highest BCUT2D eigenvalue weighted by Gasteiger charge is 2.06. The molecule has 2 rings (SSSR count). The Morgan fingerprint density at radius 3 is 2.42 bits per heavy atom. The van der Waals surface area contributed by atoms with Crippen molar-refractivity contribution in [3.63, 3.8) is 0 Å². The molecule has 0 heterocycles. The Kier molecular flexibility index (Phi) is 3.90. The van der Waals surface area contributed by atoms with E-state index in [1.807, 2.05) is 30.3 Å². The number of phenolic OH excluding ortho intramolecular Hbond substituents is 1. The maximum absolute atomic E-state index is 10.9. The fraction of sp³-hybridized carbons (Fsp3) is 0.0769. The molecule has 5 nitrogen and oxygen atoms in total. The zero-order valence-corrected chi connectivity index (χ0v) is 11.0. The van der Waals surface area contributed by atoms with E-state index in [1.165, 1.54) is 12.1 Å². The van der Waals surface area contributed by atoms with E-state index in [0.29, 0.717) is 6.42 Å². The van der Waals surface area contributed by atoms with Crippen molar-refractivity contribution in [1.29, 1.82) is 0 Å². The van der Waals surface area contributed by atoms with Gasteiger partial charge in [-0.15, -0.1) is 0 Å². The maximum Gasteiger partial charge on any atom is 0.165 e. The van der Waals surface area contributed by atoms with E-state index >= 15 is 0 Å². The molecular weight excluding hydrogens is 263 g/mol. The Morgan fingerprint density at radius 1 is 1.16 bits per heavy atom. The minimum Gasteiger partial charge on any atom is -0.772 e. The Bertz CT molecular complexity index is 611. The Balaban J connectivity index is 2.17. The fourth-order valence-electron chi connectivity index (χ4n) is 1.78. The minimum atomic E-state index is -4.16. The molecule has 0 aliphatic heterocycles. The lowest BCUT2D eigenvalue weighted by atomic mass is 10.0. The van der Waals surface area contributed by atoms with Crippen LogP contribution in [0.25, 0.3) is 0 Å². The summed E-state index contributed by atoms with van der Waals surface area (Å²) in [4.78, 5) is 10.9. The lowest BCUT2D eigenvalue weighted by molar-refractivity contribution is -0.173. The molecule has 100 valence electrons. The Morgan fingerprint density at radius 2 is 1.84 bits per heavy atom. The number of nitrogens with one attached hydrogen (secondary N) is 1. The number of hydrogen-bond acceptors (Lipinski definition) is 3. The third-order valence-electron chi connectivity index (χ3n) is 2.59. The maximum atomic E-state index is 10.9. The van der Waals surface area contributed by atoms with Gasteiger partial charge in [0.1, 0.15) is 5.75 Å². The van der Waals surface area contributed by atoms with E-state index < -0.39 is 7.67 Å². The van der Waals surface area contributed by atoms with Gasteiger partial charge < -0.3 is 15.1 Å². The van der Waals surface area contributed by atoms with E-state index in [9.17, 15) is 14.6 Å². The van der Waals surface area contributed by atoms with Crippen LogP contribution in [0.2, 0.25) is 0 Å². The van der Waals surface area contributed by atoms with Gasteiger partial charge in [-0.3, -0.25) is 10.1 Å². The molecule has 0 aromatic heterocycles. The highest BCUT2D eigenvalue weighted by atomic mass is 31.2. The van der Waals surface area contributed by atoms with Crippen LogP contribution in [0.1, 0.15) is 11.1 Å². The summed E-state index contributed by atoms with van der Waals surface area (Å²) in [5, 5.41) is 11.8. The fourth-order valence-corrected chi connectivity index (χ4v) is 2.31. The van der Waals surface area contributed by atoms with E-state index in [2.05, 4.69) is 5.09 Å². The zero-order valence-electron chi connectivity index (χ0n) is 10.1. The van der Waals surface area contributed by atoms with Gasteiger partial charge in [-0.1, -0.05) is 36.4 Å². The van der Waals surface area contributed by atoms with Gasteiger partial charge in [-0.05, 0) is 29.7 Å². The van der Waals surface area contributed by atoms with Gasteiger partial charge in [0, 0.05) is 0 Å². The quantitative estimate of drug-likeness (QED) is 0.585. The molecule has 0 fully saturated rings. The molecule has 0 bridgehead atoms. The van der Waals surface area contributed by atoms with Gasteiger partial charge in [0.05, 0.1) is 5.69 Å². The van der Waals surface area contributed by atoms with Gasteiger partial charge in [0.25, 0.3) is 0 Å². The molecule has 4 N–H and O–H groups in total. The van der Waals surface area contributed by atoms with Crippen LogP contribution in [0.15, 0.2) is 48.5 Å². The number of phenols is 1. The molecule has 0 aliphatic rings. The van der Waals surface area contributed by atoms with Gasteiger partial charge >= 0.3 is 0 Å². The van der Waals surface area contributed by atoms with Gasteiger partial charge in [0.2, 0.25) is 0 Å². The van der Waals surface area contributed by atoms with Crippen LogP contribution < -0.4 is 15.5 Å². The van der Waals surface area contributed by atoms with Crippen molar-refractivity contribution in [2.75, 3.05) is 5.09 Å². The second-order valence-corrected chi connectivity index (χ2v) is 5.64. The third kappa shape index (κ3) is 4.10. The molecule has 0 spiro atoms. The van der Waals surface area contributed by atoms with Crippen molar-refractivity contribution in [2.24, 2.45) is 5.50 Å². The van der Waals surface area contributed by atoms with Crippen molar-refractivity contribution < 1.29 is 14.6 Å². The lowest BCUT2D eigenvalue weighted by Gasteiger charge is -2.20. The van der Waals surface area contributed by atoms with Crippen molar-refractivity contribution >= 4 is 13.4 Å². The van der Waals surface area contributed by atoms with Crippen molar-refractivity contribution in [3.8, 4) is 5.75 Å². The summed E-state index contributed by atoms with van der Waals surface area (Å²) < 4.78 is 10.9. The summed E-state index contributed by atoms with van der Waals surface area (Å²) in [5.74, 6) is -0.144. The van der Waals surface area contributed by atoms with Gasteiger partial charge in [0.15, 0.2) is 7.67 Å². The molecule has 1 atom stereocenters. The molecule has 19 heavy (non-hydrogen) atoms. The molecule has 2 aromatic rings. The number of benzene rings is 2. The summed E-state index contributed by atoms with van der Waals surface area (Å²) in [6.07, 6.45) is 0.659. The van der Waals surface area contributed by atoms with Crippen LogP contribution in [0.5, 0.6) is 5.75 Å². The van der Waals surface area contributed by atoms with Crippen LogP contribution in [-0.2, 0) is 11.0 Å². The highest BCUT2D eigenvalue weighted by Crippen LogP contribution is 2.33. The van der Waals surface area contributed by atoms with Crippen molar-refractivity contribution in [1.82, 2.24) is 0 Å². The van der Waals surface area contributed by atoms with Crippen LogP contribution >= 0.6 is 7.67 Å². The molecule has 0 saturated heterocycles. The average molecular weight is 277 g/mol. The second kappa shape index (κ2) is 5.45. The predicted octanol–water partition coefficient (Wildman–Crippen LogP) is 1.82. The van der Waals surface area contributed by atoms with E-state index in [1.54, 1.807) is 6.07 Å². The number of aromatic hydroxyl groups is 1. The predicted molar refractivity (Wildman–Crippen MR) is 72.8 cm³/mol. The molecule has 0 aliphatic carbocycles. The number of nitrogens with two attached hydrogens (primary N) is 1. The molecule has 0 saturated carbocycles.